The minimum absolute atomic E-state index is 0.0478. The van der Waals surface area contributed by atoms with Gasteiger partial charge in [-0.15, -0.1) is 0 Å². The van der Waals surface area contributed by atoms with Crippen molar-refractivity contribution < 1.29 is 9.59 Å². The summed E-state index contributed by atoms with van der Waals surface area (Å²) in [5.74, 6) is 0.723. The van der Waals surface area contributed by atoms with Gasteiger partial charge in [-0.05, 0) is 61.6 Å². The van der Waals surface area contributed by atoms with E-state index in [4.69, 9.17) is 0 Å². The van der Waals surface area contributed by atoms with Crippen molar-refractivity contribution in [2.45, 2.75) is 50.4 Å². The third-order valence-electron chi connectivity index (χ3n) is 7.32. The number of H-pyrrole nitrogens is 1. The Morgan fingerprint density at radius 3 is 2.44 bits per heavy atom. The van der Waals surface area contributed by atoms with E-state index in [1.807, 2.05) is 60.7 Å². The van der Waals surface area contributed by atoms with Gasteiger partial charge in [0.1, 0.15) is 5.82 Å². The highest BCUT2D eigenvalue weighted by molar-refractivity contribution is 5.97. The topological polar surface area (TPSA) is 103 Å². The van der Waals surface area contributed by atoms with Crippen LogP contribution >= 0.6 is 0 Å². The summed E-state index contributed by atoms with van der Waals surface area (Å²) in [6, 6.07) is 20.0. The standard InChI is InChI=1S/C28H28N6O2/c35-27(30-15-18-4-2-1-3-5-18)20-7-11-26(29-16-20)34-22-8-9-23(34)14-21(13-22)33-28(36)19-6-10-24-25(12-19)32-17-31-24/h1-7,10-12,16-17,21-23H,8-9,13-15H2,(H,30,35)(H,31,32)(H,33,36)/t21?,22-,23+. The molecule has 0 spiro atoms. The van der Waals surface area contributed by atoms with Gasteiger partial charge in [0.2, 0.25) is 0 Å². The van der Waals surface area contributed by atoms with Gasteiger partial charge in [-0.1, -0.05) is 30.3 Å². The average Bonchev–Trinajstić information content (AvgIpc) is 3.49. The third-order valence-corrected chi connectivity index (χ3v) is 7.32. The number of anilines is 1. The summed E-state index contributed by atoms with van der Waals surface area (Å²) in [7, 11) is 0. The van der Waals surface area contributed by atoms with Crippen LogP contribution in [0.3, 0.4) is 0 Å². The first kappa shape index (κ1) is 22.3. The lowest BCUT2D eigenvalue weighted by molar-refractivity contribution is 0.0924. The van der Waals surface area contributed by atoms with Crippen LogP contribution in [0.2, 0.25) is 0 Å². The number of hydrogen-bond acceptors (Lipinski definition) is 5. The fourth-order valence-electron chi connectivity index (χ4n) is 5.57. The third kappa shape index (κ3) is 4.42. The number of carbonyl (C=O) groups is 2. The lowest BCUT2D eigenvalue weighted by Crippen LogP contribution is -2.50. The van der Waals surface area contributed by atoms with Crippen molar-refractivity contribution in [3.05, 3.63) is 89.9 Å². The zero-order valence-electron chi connectivity index (χ0n) is 19.9. The number of nitrogens with zero attached hydrogens (tertiary/aromatic N) is 3. The van der Waals surface area contributed by atoms with Gasteiger partial charge in [-0.25, -0.2) is 9.97 Å². The summed E-state index contributed by atoms with van der Waals surface area (Å²) >= 11 is 0. The van der Waals surface area contributed by atoms with Crippen LogP contribution in [0.1, 0.15) is 52.0 Å². The number of piperidine rings is 1. The van der Waals surface area contributed by atoms with E-state index in [-0.39, 0.29) is 17.9 Å². The van der Waals surface area contributed by atoms with E-state index in [0.717, 1.165) is 48.1 Å². The summed E-state index contributed by atoms with van der Waals surface area (Å²) < 4.78 is 0. The summed E-state index contributed by atoms with van der Waals surface area (Å²) in [5, 5.41) is 6.19. The first-order valence-electron chi connectivity index (χ1n) is 12.4. The van der Waals surface area contributed by atoms with Crippen LogP contribution in [0, 0.1) is 0 Å². The molecule has 6 rings (SSSR count). The molecule has 0 saturated carbocycles. The Labute approximate surface area is 209 Å². The molecule has 8 nitrogen and oxygen atoms in total. The van der Waals surface area contributed by atoms with E-state index in [1.54, 1.807) is 12.5 Å². The molecule has 4 heterocycles. The molecule has 1 unspecified atom stereocenters. The molecule has 2 bridgehead atoms. The molecule has 2 saturated heterocycles. The van der Waals surface area contributed by atoms with Crippen LogP contribution in [0.4, 0.5) is 5.82 Å². The normalized spacial score (nSPS) is 20.9. The zero-order valence-corrected chi connectivity index (χ0v) is 19.9. The molecule has 8 heteroatoms. The van der Waals surface area contributed by atoms with Crippen LogP contribution in [0.15, 0.2) is 73.2 Å². The lowest BCUT2D eigenvalue weighted by atomic mass is 9.96. The second-order valence-electron chi connectivity index (χ2n) is 9.64. The van der Waals surface area contributed by atoms with E-state index >= 15 is 0 Å². The lowest BCUT2D eigenvalue weighted by Gasteiger charge is -2.40. The number of rotatable bonds is 6. The van der Waals surface area contributed by atoms with Gasteiger partial charge in [0.25, 0.3) is 11.8 Å². The van der Waals surface area contributed by atoms with E-state index in [0.29, 0.717) is 29.8 Å². The largest absolute Gasteiger partial charge is 0.350 e. The Kier molecular flexibility index (Phi) is 5.85. The number of aromatic nitrogens is 3. The molecule has 3 atom stereocenters. The van der Waals surface area contributed by atoms with Crippen molar-refractivity contribution in [1.29, 1.82) is 0 Å². The summed E-state index contributed by atoms with van der Waals surface area (Å²) in [4.78, 5) is 39.8. The van der Waals surface area contributed by atoms with Crippen molar-refractivity contribution in [2.24, 2.45) is 0 Å². The predicted molar refractivity (Wildman–Crippen MR) is 138 cm³/mol. The molecule has 182 valence electrons. The molecule has 2 aliphatic rings. The van der Waals surface area contributed by atoms with Crippen LogP contribution in [0.25, 0.3) is 11.0 Å². The Bertz CT molecular complexity index is 1370. The number of hydrogen-bond donors (Lipinski definition) is 3. The van der Waals surface area contributed by atoms with E-state index in [1.165, 1.54) is 0 Å². The van der Waals surface area contributed by atoms with Crippen molar-refractivity contribution in [2.75, 3.05) is 4.90 Å². The smallest absolute Gasteiger partial charge is 0.253 e. The van der Waals surface area contributed by atoms with Crippen LogP contribution in [-0.2, 0) is 6.54 Å². The Hall–Kier alpha value is -4.20. The number of aromatic amines is 1. The van der Waals surface area contributed by atoms with E-state index in [2.05, 4.69) is 30.5 Å². The van der Waals surface area contributed by atoms with Gasteiger partial charge in [0, 0.05) is 36.4 Å². The van der Waals surface area contributed by atoms with Gasteiger partial charge < -0.3 is 20.5 Å². The van der Waals surface area contributed by atoms with Crippen molar-refractivity contribution >= 4 is 28.7 Å². The van der Waals surface area contributed by atoms with Crippen LogP contribution in [-0.4, -0.2) is 44.9 Å². The Balaban J connectivity index is 1.07. The number of pyridine rings is 1. The SMILES string of the molecule is O=C(NCc1ccccc1)c1ccc(N2[C@@H]3CC[C@H]2CC(NC(=O)c2ccc4nc[nH]c4c2)C3)nc1. The number of carbonyl (C=O) groups excluding carboxylic acids is 2. The van der Waals surface area contributed by atoms with Crippen LogP contribution < -0.4 is 15.5 Å². The van der Waals surface area contributed by atoms with Gasteiger partial charge in [-0.2, -0.15) is 0 Å². The fraction of sp³-hybridized carbons (Fsp3) is 0.286. The molecule has 2 aromatic heterocycles. The fourth-order valence-corrected chi connectivity index (χ4v) is 5.57. The average molecular weight is 481 g/mol. The van der Waals surface area contributed by atoms with E-state index in [9.17, 15) is 9.59 Å². The van der Waals surface area contributed by atoms with Gasteiger partial charge >= 0.3 is 0 Å². The summed E-state index contributed by atoms with van der Waals surface area (Å²) in [6.45, 7) is 0.487. The minimum atomic E-state index is -0.129. The van der Waals surface area contributed by atoms with Gasteiger partial charge in [-0.3, -0.25) is 9.59 Å². The van der Waals surface area contributed by atoms with Gasteiger partial charge in [0.05, 0.1) is 22.9 Å². The highest BCUT2D eigenvalue weighted by atomic mass is 16.2. The molecular formula is C28H28N6O2. The van der Waals surface area contributed by atoms with Crippen molar-refractivity contribution in [3.8, 4) is 0 Å². The highest BCUT2D eigenvalue weighted by Gasteiger charge is 2.41. The predicted octanol–water partition coefficient (Wildman–Crippen LogP) is 3.82. The first-order chi connectivity index (χ1) is 17.6. The van der Waals surface area contributed by atoms with Crippen LogP contribution in [0.5, 0.6) is 0 Å². The Morgan fingerprint density at radius 2 is 1.69 bits per heavy atom. The second-order valence-corrected chi connectivity index (χ2v) is 9.64. The molecule has 4 aromatic rings. The number of imidazole rings is 1. The number of fused-ring (bicyclic) bond motifs is 3. The molecule has 0 aliphatic carbocycles. The maximum atomic E-state index is 12.9. The number of amides is 2. The van der Waals surface area contributed by atoms with E-state index < -0.39 is 0 Å². The zero-order chi connectivity index (χ0) is 24.5. The second kappa shape index (κ2) is 9.45. The first-order valence-corrected chi connectivity index (χ1v) is 12.4. The maximum Gasteiger partial charge on any atom is 0.253 e. The van der Waals surface area contributed by atoms with Gasteiger partial charge in [0.15, 0.2) is 0 Å². The highest BCUT2D eigenvalue weighted by Crippen LogP contribution is 2.38. The molecule has 2 fully saturated rings. The maximum absolute atomic E-state index is 12.9. The molecule has 0 radical (unpaired) electrons. The summed E-state index contributed by atoms with van der Waals surface area (Å²) in [5.41, 5.74) is 3.97. The molecule has 36 heavy (non-hydrogen) atoms. The Morgan fingerprint density at radius 1 is 0.917 bits per heavy atom. The minimum Gasteiger partial charge on any atom is -0.350 e. The number of benzene rings is 2. The summed E-state index contributed by atoms with van der Waals surface area (Å²) in [6.07, 6.45) is 7.23. The molecule has 2 aromatic carbocycles. The molecular weight excluding hydrogens is 452 g/mol. The van der Waals surface area contributed by atoms with Crippen molar-refractivity contribution in [3.63, 3.8) is 0 Å². The monoisotopic (exact) mass is 480 g/mol. The quantitative estimate of drug-likeness (QED) is 0.389. The molecule has 2 amide bonds. The van der Waals surface area contributed by atoms with Crippen molar-refractivity contribution in [1.82, 2.24) is 25.6 Å². The number of nitrogens with one attached hydrogen (secondary N) is 3. The molecule has 2 aliphatic heterocycles. The molecule has 3 N–H and O–H groups in total.